The topological polar surface area (TPSA) is 237 Å². The lowest BCUT2D eigenvalue weighted by Gasteiger charge is -2.21. The number of ether oxygens (including phenoxy) is 4. The molecule has 0 aliphatic heterocycles. The van der Waals surface area contributed by atoms with E-state index in [0.29, 0.717) is 31.6 Å². The first-order valence-electron chi connectivity index (χ1n) is 37.3. The number of carbonyl (C=O) groups is 4. The fourth-order valence-electron chi connectivity index (χ4n) is 10.8. The lowest BCUT2D eigenvalue weighted by Crippen LogP contribution is -2.30. The van der Waals surface area contributed by atoms with Gasteiger partial charge in [-0.3, -0.25) is 37.3 Å². The zero-order chi connectivity index (χ0) is 67.5. The van der Waals surface area contributed by atoms with E-state index in [1.807, 2.05) is 0 Å². The molecular formula is C72H140O17P2. The molecule has 0 aromatic heterocycles. The Morgan fingerprint density at radius 3 is 0.780 bits per heavy atom. The molecule has 3 N–H and O–H groups in total. The number of hydrogen-bond acceptors (Lipinski definition) is 15. The summed E-state index contributed by atoms with van der Waals surface area (Å²) < 4.78 is 68.3. The zero-order valence-corrected chi connectivity index (χ0v) is 61.3. The second kappa shape index (κ2) is 61.6. The summed E-state index contributed by atoms with van der Waals surface area (Å²) in [5.41, 5.74) is 0. The van der Waals surface area contributed by atoms with Crippen molar-refractivity contribution in [3.05, 3.63) is 0 Å². The third-order valence-corrected chi connectivity index (χ3v) is 19.2. The van der Waals surface area contributed by atoms with Gasteiger partial charge in [0.15, 0.2) is 12.2 Å². The Kier molecular flexibility index (Phi) is 60.3. The second-order valence-corrected chi connectivity index (χ2v) is 30.3. The number of aliphatic hydroxyl groups excluding tert-OH is 1. The van der Waals surface area contributed by atoms with E-state index in [4.69, 9.17) is 37.0 Å². The Morgan fingerprint density at radius 2 is 0.527 bits per heavy atom. The number of phosphoric ester groups is 2. The number of rotatable bonds is 69. The molecule has 0 bridgehead atoms. The third kappa shape index (κ3) is 63.9. The molecule has 4 unspecified atom stereocenters. The Hall–Kier alpha value is -1.94. The van der Waals surface area contributed by atoms with Crippen LogP contribution in [0.2, 0.25) is 0 Å². The van der Waals surface area contributed by atoms with Gasteiger partial charge in [0.1, 0.15) is 19.3 Å². The first kappa shape index (κ1) is 89.1. The van der Waals surface area contributed by atoms with Crippen LogP contribution >= 0.6 is 15.6 Å². The number of unbranched alkanes of at least 4 members (excludes halogenated alkanes) is 33. The molecule has 17 nitrogen and oxygen atoms in total. The molecule has 19 heteroatoms. The second-order valence-electron chi connectivity index (χ2n) is 27.4. The van der Waals surface area contributed by atoms with Gasteiger partial charge >= 0.3 is 39.5 Å². The Morgan fingerprint density at radius 1 is 0.308 bits per heavy atom. The van der Waals surface area contributed by atoms with Crippen molar-refractivity contribution in [1.82, 2.24) is 0 Å². The van der Waals surface area contributed by atoms with E-state index in [1.165, 1.54) is 154 Å². The van der Waals surface area contributed by atoms with Crippen LogP contribution in [-0.2, 0) is 65.4 Å². The maximum atomic E-state index is 13.0. The maximum Gasteiger partial charge on any atom is 0.472 e. The van der Waals surface area contributed by atoms with Gasteiger partial charge in [-0.15, -0.1) is 0 Å². The Labute approximate surface area is 556 Å². The highest BCUT2D eigenvalue weighted by atomic mass is 31.2. The number of carbonyl (C=O) groups excluding carboxylic acids is 4. The van der Waals surface area contributed by atoms with E-state index in [9.17, 15) is 43.2 Å². The highest BCUT2D eigenvalue weighted by molar-refractivity contribution is 7.47. The van der Waals surface area contributed by atoms with Crippen LogP contribution in [0.25, 0.3) is 0 Å². The van der Waals surface area contributed by atoms with Gasteiger partial charge in [0.25, 0.3) is 0 Å². The molecular weight excluding hydrogens is 1200 g/mol. The van der Waals surface area contributed by atoms with Crippen molar-refractivity contribution in [3.8, 4) is 0 Å². The molecule has 7 atom stereocenters. The van der Waals surface area contributed by atoms with Crippen LogP contribution in [0, 0.1) is 23.7 Å². The van der Waals surface area contributed by atoms with E-state index in [0.717, 1.165) is 114 Å². The average molecular weight is 1340 g/mol. The molecule has 0 aromatic carbocycles. The first-order chi connectivity index (χ1) is 43.7. The molecule has 540 valence electrons. The molecule has 91 heavy (non-hydrogen) atoms. The van der Waals surface area contributed by atoms with Crippen molar-refractivity contribution >= 4 is 39.5 Å². The molecule has 0 saturated heterocycles. The lowest BCUT2D eigenvalue weighted by atomic mass is 9.99. The summed E-state index contributed by atoms with van der Waals surface area (Å²) >= 11 is 0. The molecule has 0 amide bonds. The number of phosphoric acid groups is 2. The molecule has 0 saturated carbocycles. The van der Waals surface area contributed by atoms with E-state index < -0.39 is 97.5 Å². The minimum atomic E-state index is -4.95. The summed E-state index contributed by atoms with van der Waals surface area (Å²) in [6.07, 6.45) is 44.6. The van der Waals surface area contributed by atoms with E-state index in [1.54, 1.807) is 0 Å². The van der Waals surface area contributed by atoms with Crippen LogP contribution in [0.15, 0.2) is 0 Å². The lowest BCUT2D eigenvalue weighted by molar-refractivity contribution is -0.161. The molecule has 0 radical (unpaired) electrons. The minimum Gasteiger partial charge on any atom is -0.462 e. The SMILES string of the molecule is CCC(C)CCCCCCCCCCCCC(=O)O[C@H](COC(=O)CCCCCCCCCCCCCCCCCC(C)C)COP(=O)(O)OC[C@@H](O)COP(=O)(O)OC[C@@H](COC(=O)CCCCCCCCC(C)C)OC(=O)CCCCCCCCC(C)CC. The van der Waals surface area contributed by atoms with Gasteiger partial charge in [-0.05, 0) is 49.4 Å². The predicted molar refractivity (Wildman–Crippen MR) is 367 cm³/mol. The van der Waals surface area contributed by atoms with Crippen LogP contribution in [0.4, 0.5) is 0 Å². The molecule has 0 rings (SSSR count). The fraction of sp³-hybridized carbons (Fsp3) is 0.944. The molecule has 0 aliphatic carbocycles. The summed E-state index contributed by atoms with van der Waals surface area (Å²) in [5.74, 6) is 0.878. The summed E-state index contributed by atoms with van der Waals surface area (Å²) in [4.78, 5) is 72.6. The van der Waals surface area contributed by atoms with Gasteiger partial charge in [-0.2, -0.15) is 0 Å². The summed E-state index contributed by atoms with van der Waals surface area (Å²) in [5, 5.41) is 10.6. The van der Waals surface area contributed by atoms with E-state index in [-0.39, 0.29) is 25.7 Å². The van der Waals surface area contributed by atoms with Crippen molar-refractivity contribution in [2.45, 2.75) is 375 Å². The largest absolute Gasteiger partial charge is 0.472 e. The van der Waals surface area contributed by atoms with Gasteiger partial charge in [-0.1, -0.05) is 306 Å². The first-order valence-corrected chi connectivity index (χ1v) is 40.3. The van der Waals surface area contributed by atoms with Gasteiger partial charge < -0.3 is 33.8 Å². The number of esters is 4. The molecule has 0 fully saturated rings. The van der Waals surface area contributed by atoms with Gasteiger partial charge in [0.2, 0.25) is 0 Å². The van der Waals surface area contributed by atoms with E-state index in [2.05, 4.69) is 55.4 Å². The van der Waals surface area contributed by atoms with Crippen LogP contribution in [0.5, 0.6) is 0 Å². The average Bonchev–Trinajstić information content (AvgIpc) is 3.23. The zero-order valence-electron chi connectivity index (χ0n) is 59.5. The smallest absolute Gasteiger partial charge is 0.462 e. The van der Waals surface area contributed by atoms with Crippen molar-refractivity contribution < 1.29 is 80.2 Å². The third-order valence-electron chi connectivity index (χ3n) is 17.3. The maximum absolute atomic E-state index is 13.0. The molecule has 0 aromatic rings. The van der Waals surface area contributed by atoms with Crippen molar-refractivity contribution in [2.24, 2.45) is 23.7 Å². The Balaban J connectivity index is 5.22. The highest BCUT2D eigenvalue weighted by Gasteiger charge is 2.30. The Bertz CT molecular complexity index is 1800. The fourth-order valence-corrected chi connectivity index (χ4v) is 12.4. The molecule has 0 heterocycles. The minimum absolute atomic E-state index is 0.101. The van der Waals surface area contributed by atoms with Crippen LogP contribution in [-0.4, -0.2) is 96.7 Å². The van der Waals surface area contributed by atoms with Crippen molar-refractivity contribution in [2.75, 3.05) is 39.6 Å². The van der Waals surface area contributed by atoms with Gasteiger partial charge in [-0.25, -0.2) is 9.13 Å². The van der Waals surface area contributed by atoms with Crippen LogP contribution in [0.1, 0.15) is 357 Å². The summed E-state index contributed by atoms with van der Waals surface area (Å²) in [7, 11) is -9.90. The molecule has 0 spiro atoms. The normalized spacial score (nSPS) is 14.8. The van der Waals surface area contributed by atoms with Gasteiger partial charge in [0.05, 0.1) is 26.4 Å². The summed E-state index contributed by atoms with van der Waals surface area (Å²) in [6.45, 7) is 14.1. The van der Waals surface area contributed by atoms with Crippen LogP contribution in [0.3, 0.4) is 0 Å². The van der Waals surface area contributed by atoms with Crippen LogP contribution < -0.4 is 0 Å². The molecule has 0 aliphatic rings. The highest BCUT2D eigenvalue weighted by Crippen LogP contribution is 2.45. The predicted octanol–water partition coefficient (Wildman–Crippen LogP) is 20.5. The quantitative estimate of drug-likeness (QED) is 0.0222. The summed E-state index contributed by atoms with van der Waals surface area (Å²) in [6, 6.07) is 0. The number of aliphatic hydroxyl groups is 1. The number of hydrogen-bond donors (Lipinski definition) is 3. The van der Waals surface area contributed by atoms with Crippen molar-refractivity contribution in [3.63, 3.8) is 0 Å². The van der Waals surface area contributed by atoms with E-state index >= 15 is 0 Å². The standard InChI is InChI=1S/C72H140O17P2/c1-9-64(7)50-42-34-25-21-18-19-23-27-38-46-54-71(76)88-67(58-82-69(74)52-44-36-26-22-17-15-13-11-12-14-16-20-24-32-40-48-62(3)4)60-86-90(78,79)84-56-66(73)57-85-91(80,81)87-61-68(59-83-70(75)53-45-37-30-28-33-41-49-63(5)6)89-72(77)55-47-39-31-29-35-43-51-65(8)10-2/h62-68,73H,9-61H2,1-8H3,(H,78,79)(H,80,81)/t64?,65?,66-,67-,68-/m1/s1. The van der Waals surface area contributed by atoms with Gasteiger partial charge in [0, 0.05) is 25.7 Å². The monoisotopic (exact) mass is 1340 g/mol. The van der Waals surface area contributed by atoms with Crippen molar-refractivity contribution in [1.29, 1.82) is 0 Å².